The number of aliphatic hydroxyl groups excluding tert-OH is 1. The lowest BCUT2D eigenvalue weighted by molar-refractivity contribution is -0.145. The van der Waals surface area contributed by atoms with E-state index >= 15 is 0 Å². The quantitative estimate of drug-likeness (QED) is 0.670. The van der Waals surface area contributed by atoms with E-state index in [4.69, 9.17) is 0 Å². The van der Waals surface area contributed by atoms with Crippen molar-refractivity contribution in [2.45, 2.75) is 37.8 Å². The Labute approximate surface area is 94.4 Å². The Bertz CT molecular complexity index is 304. The van der Waals surface area contributed by atoms with Gasteiger partial charge in [-0.05, 0) is 19.3 Å². The molecule has 2 fully saturated rings. The second kappa shape index (κ2) is 4.41. The van der Waals surface area contributed by atoms with Gasteiger partial charge in [0.05, 0.1) is 25.2 Å². The van der Waals surface area contributed by atoms with Crippen molar-refractivity contribution in [2.24, 2.45) is 5.92 Å². The van der Waals surface area contributed by atoms with Crippen molar-refractivity contribution in [2.75, 3.05) is 13.7 Å². The summed E-state index contributed by atoms with van der Waals surface area (Å²) >= 11 is 0. The average Bonchev–Trinajstić information content (AvgIpc) is 2.83. The van der Waals surface area contributed by atoms with Crippen molar-refractivity contribution >= 4 is 11.9 Å². The van der Waals surface area contributed by atoms with Crippen molar-refractivity contribution in [3.8, 4) is 0 Å². The molecule has 16 heavy (non-hydrogen) atoms. The standard InChI is InChI=1S/C11H17NO4/c1-16-11(15)7-5-10(14)12(6-7)8-3-2-4-9(8)13/h7-9,13H,2-6H2,1H3. The largest absolute Gasteiger partial charge is 0.469 e. The normalized spacial score (nSPS) is 34.5. The summed E-state index contributed by atoms with van der Waals surface area (Å²) in [6, 6.07) is -0.0952. The fourth-order valence-corrected chi connectivity index (χ4v) is 2.66. The molecule has 1 amide bonds. The van der Waals surface area contributed by atoms with Crippen molar-refractivity contribution in [3.05, 3.63) is 0 Å². The highest BCUT2D eigenvalue weighted by molar-refractivity contribution is 5.87. The van der Waals surface area contributed by atoms with Gasteiger partial charge in [-0.3, -0.25) is 9.59 Å². The van der Waals surface area contributed by atoms with Gasteiger partial charge in [-0.15, -0.1) is 0 Å². The first-order valence-electron chi connectivity index (χ1n) is 5.69. The summed E-state index contributed by atoms with van der Waals surface area (Å²) in [5.41, 5.74) is 0. The SMILES string of the molecule is COC(=O)C1CC(=O)N(C2CCCC2O)C1. The van der Waals surface area contributed by atoms with Gasteiger partial charge in [0.25, 0.3) is 0 Å². The van der Waals surface area contributed by atoms with Crippen LogP contribution in [0.25, 0.3) is 0 Å². The number of rotatable bonds is 2. The molecule has 2 aliphatic rings. The smallest absolute Gasteiger partial charge is 0.310 e. The Morgan fingerprint density at radius 2 is 2.25 bits per heavy atom. The minimum atomic E-state index is -0.430. The molecule has 1 aliphatic carbocycles. The Kier molecular flexibility index (Phi) is 3.14. The molecule has 1 N–H and O–H groups in total. The lowest BCUT2D eigenvalue weighted by atomic mass is 10.1. The fraction of sp³-hybridized carbons (Fsp3) is 0.818. The molecule has 1 saturated heterocycles. The molecule has 0 aromatic carbocycles. The van der Waals surface area contributed by atoms with E-state index in [0.29, 0.717) is 6.54 Å². The molecule has 90 valence electrons. The zero-order valence-corrected chi connectivity index (χ0v) is 9.39. The molecule has 1 saturated carbocycles. The summed E-state index contributed by atoms with van der Waals surface area (Å²) in [5, 5.41) is 9.74. The van der Waals surface area contributed by atoms with E-state index in [1.54, 1.807) is 4.90 Å². The average molecular weight is 227 g/mol. The van der Waals surface area contributed by atoms with Crippen LogP contribution in [0.4, 0.5) is 0 Å². The number of amides is 1. The zero-order valence-electron chi connectivity index (χ0n) is 9.39. The molecule has 0 radical (unpaired) electrons. The van der Waals surface area contributed by atoms with Crippen LogP contribution < -0.4 is 0 Å². The Morgan fingerprint density at radius 3 is 2.81 bits per heavy atom. The van der Waals surface area contributed by atoms with Gasteiger partial charge < -0.3 is 14.7 Å². The number of methoxy groups -OCH3 is 1. The van der Waals surface area contributed by atoms with Crippen LogP contribution in [-0.2, 0) is 14.3 Å². The van der Waals surface area contributed by atoms with E-state index in [2.05, 4.69) is 4.74 Å². The molecule has 1 aliphatic heterocycles. The number of nitrogens with zero attached hydrogens (tertiary/aromatic N) is 1. The molecule has 0 spiro atoms. The highest BCUT2D eigenvalue weighted by atomic mass is 16.5. The number of ether oxygens (including phenoxy) is 1. The third-order valence-electron chi connectivity index (χ3n) is 3.54. The summed E-state index contributed by atoms with van der Waals surface area (Å²) < 4.78 is 4.64. The van der Waals surface area contributed by atoms with Crippen molar-refractivity contribution in [1.82, 2.24) is 4.90 Å². The topological polar surface area (TPSA) is 66.8 Å². The molecular formula is C11H17NO4. The molecule has 0 aromatic rings. The first kappa shape index (κ1) is 11.4. The highest BCUT2D eigenvalue weighted by Gasteiger charge is 2.42. The second-order valence-corrected chi connectivity index (χ2v) is 4.54. The van der Waals surface area contributed by atoms with E-state index in [-0.39, 0.29) is 30.3 Å². The van der Waals surface area contributed by atoms with E-state index in [0.717, 1.165) is 19.3 Å². The monoisotopic (exact) mass is 227 g/mol. The number of carbonyl (C=O) groups excluding carboxylic acids is 2. The Hall–Kier alpha value is -1.10. The lowest BCUT2D eigenvalue weighted by Crippen LogP contribution is -2.41. The van der Waals surface area contributed by atoms with Crippen molar-refractivity contribution < 1.29 is 19.4 Å². The van der Waals surface area contributed by atoms with Crippen LogP contribution in [0.15, 0.2) is 0 Å². The van der Waals surface area contributed by atoms with Gasteiger partial charge in [0, 0.05) is 13.0 Å². The highest BCUT2D eigenvalue weighted by Crippen LogP contribution is 2.30. The van der Waals surface area contributed by atoms with E-state index in [9.17, 15) is 14.7 Å². The van der Waals surface area contributed by atoms with E-state index in [1.807, 2.05) is 0 Å². The molecule has 0 aromatic heterocycles. The maximum Gasteiger partial charge on any atom is 0.310 e. The molecule has 3 atom stereocenters. The van der Waals surface area contributed by atoms with Gasteiger partial charge in [-0.2, -0.15) is 0 Å². The number of hydrogen-bond donors (Lipinski definition) is 1. The minimum Gasteiger partial charge on any atom is -0.469 e. The maximum atomic E-state index is 11.7. The molecular weight excluding hydrogens is 210 g/mol. The minimum absolute atomic E-state index is 0.0404. The van der Waals surface area contributed by atoms with Gasteiger partial charge in [0.1, 0.15) is 0 Å². The third kappa shape index (κ3) is 1.91. The number of likely N-dealkylation sites (tertiary alicyclic amines) is 1. The summed E-state index contributed by atoms with van der Waals surface area (Å²) in [4.78, 5) is 24.7. The van der Waals surface area contributed by atoms with Crippen LogP contribution in [-0.4, -0.2) is 47.7 Å². The van der Waals surface area contributed by atoms with Gasteiger partial charge in [-0.1, -0.05) is 0 Å². The van der Waals surface area contributed by atoms with Crippen molar-refractivity contribution in [1.29, 1.82) is 0 Å². The third-order valence-corrected chi connectivity index (χ3v) is 3.54. The summed E-state index contributed by atoms with van der Waals surface area (Å²) in [6.07, 6.45) is 2.31. The number of hydrogen-bond acceptors (Lipinski definition) is 4. The zero-order chi connectivity index (χ0) is 11.7. The maximum absolute atomic E-state index is 11.7. The summed E-state index contributed by atoms with van der Waals surface area (Å²) in [7, 11) is 1.33. The van der Waals surface area contributed by atoms with Crippen molar-refractivity contribution in [3.63, 3.8) is 0 Å². The fourth-order valence-electron chi connectivity index (χ4n) is 2.66. The molecule has 2 rings (SSSR count). The summed E-state index contributed by atoms with van der Waals surface area (Å²) in [6.45, 7) is 0.396. The lowest BCUT2D eigenvalue weighted by Gasteiger charge is -2.26. The van der Waals surface area contributed by atoms with E-state index < -0.39 is 6.10 Å². The second-order valence-electron chi connectivity index (χ2n) is 4.54. The predicted octanol–water partition coefficient (Wildman–Crippen LogP) is -0.0787. The Morgan fingerprint density at radius 1 is 1.50 bits per heavy atom. The van der Waals surface area contributed by atoms with Crippen LogP contribution in [0, 0.1) is 5.92 Å². The van der Waals surface area contributed by atoms with Crippen LogP contribution in [0.3, 0.4) is 0 Å². The first-order chi connectivity index (χ1) is 7.63. The predicted molar refractivity (Wildman–Crippen MR) is 55.5 cm³/mol. The number of carbonyl (C=O) groups is 2. The summed E-state index contributed by atoms with van der Waals surface area (Å²) in [5.74, 6) is -0.727. The molecule has 5 nitrogen and oxygen atoms in total. The Balaban J connectivity index is 2.02. The molecule has 3 unspecified atom stereocenters. The molecule has 5 heteroatoms. The number of aliphatic hydroxyl groups is 1. The van der Waals surface area contributed by atoms with Gasteiger partial charge >= 0.3 is 5.97 Å². The van der Waals surface area contributed by atoms with Crippen LogP contribution in [0.1, 0.15) is 25.7 Å². The van der Waals surface area contributed by atoms with Crippen LogP contribution in [0.5, 0.6) is 0 Å². The van der Waals surface area contributed by atoms with Gasteiger partial charge in [-0.25, -0.2) is 0 Å². The number of esters is 1. The van der Waals surface area contributed by atoms with Crippen LogP contribution >= 0.6 is 0 Å². The molecule has 1 heterocycles. The van der Waals surface area contributed by atoms with E-state index in [1.165, 1.54) is 7.11 Å². The van der Waals surface area contributed by atoms with Crippen LogP contribution in [0.2, 0.25) is 0 Å². The molecule has 0 bridgehead atoms. The first-order valence-corrected chi connectivity index (χ1v) is 5.69. The van der Waals surface area contributed by atoms with Gasteiger partial charge in [0.2, 0.25) is 5.91 Å². The van der Waals surface area contributed by atoms with Gasteiger partial charge in [0.15, 0.2) is 0 Å².